The van der Waals surface area contributed by atoms with Crippen molar-refractivity contribution in [3.05, 3.63) is 34.9 Å². The lowest BCUT2D eigenvalue weighted by Crippen LogP contribution is -2.30. The van der Waals surface area contributed by atoms with E-state index in [0.717, 1.165) is 11.8 Å². The molecular formula is C16H23N. The zero-order valence-electron chi connectivity index (χ0n) is 10.8. The molecule has 92 valence electrons. The summed E-state index contributed by atoms with van der Waals surface area (Å²) in [5.41, 5.74) is 4.79. The maximum absolute atomic E-state index is 3.51. The molecule has 2 atom stereocenters. The van der Waals surface area contributed by atoms with Crippen LogP contribution in [-0.2, 0) is 19.3 Å². The van der Waals surface area contributed by atoms with E-state index >= 15 is 0 Å². The highest BCUT2D eigenvalue weighted by Crippen LogP contribution is 2.28. The molecule has 0 aromatic heterocycles. The Morgan fingerprint density at radius 2 is 2.12 bits per heavy atom. The minimum atomic E-state index is 0.858. The molecule has 1 saturated heterocycles. The summed E-state index contributed by atoms with van der Waals surface area (Å²) in [6.45, 7) is 4.80. The van der Waals surface area contributed by atoms with Gasteiger partial charge in [0.15, 0.2) is 0 Å². The van der Waals surface area contributed by atoms with Crippen LogP contribution in [0, 0.1) is 11.8 Å². The van der Waals surface area contributed by atoms with Crippen LogP contribution in [-0.4, -0.2) is 13.1 Å². The Kier molecular flexibility index (Phi) is 3.19. The molecule has 0 bridgehead atoms. The molecule has 3 rings (SSSR count). The molecule has 0 saturated carbocycles. The first-order valence-corrected chi connectivity index (χ1v) is 7.12. The fourth-order valence-electron chi connectivity index (χ4n) is 3.45. The van der Waals surface area contributed by atoms with Crippen LogP contribution in [0.2, 0.25) is 0 Å². The minimum Gasteiger partial charge on any atom is -0.316 e. The summed E-state index contributed by atoms with van der Waals surface area (Å²) in [6, 6.07) is 7.23. The Bertz CT molecular complexity index is 391. The van der Waals surface area contributed by atoms with Gasteiger partial charge in [-0.25, -0.2) is 0 Å². The highest BCUT2D eigenvalue weighted by molar-refractivity contribution is 5.36. The zero-order chi connectivity index (χ0) is 11.7. The standard InChI is InChI=1S/C16H23N/c1-12-7-15-5-4-13(10-16(15)8-12)9-14-3-2-6-17-11-14/h4-5,10,12,14,17H,2-3,6-9,11H2,1H3. The van der Waals surface area contributed by atoms with Crippen molar-refractivity contribution in [3.63, 3.8) is 0 Å². The van der Waals surface area contributed by atoms with Crippen LogP contribution in [0.3, 0.4) is 0 Å². The molecule has 1 aliphatic heterocycles. The van der Waals surface area contributed by atoms with Gasteiger partial charge in [-0.1, -0.05) is 25.1 Å². The quantitative estimate of drug-likeness (QED) is 0.822. The van der Waals surface area contributed by atoms with E-state index in [2.05, 4.69) is 30.4 Å². The molecule has 1 aliphatic carbocycles. The third-order valence-electron chi connectivity index (χ3n) is 4.33. The zero-order valence-corrected chi connectivity index (χ0v) is 10.8. The molecule has 2 aliphatic rings. The monoisotopic (exact) mass is 229 g/mol. The van der Waals surface area contributed by atoms with Crippen LogP contribution in [0.5, 0.6) is 0 Å². The molecule has 1 fully saturated rings. The molecule has 0 spiro atoms. The second-order valence-corrected chi connectivity index (χ2v) is 6.03. The van der Waals surface area contributed by atoms with Gasteiger partial charge in [-0.2, -0.15) is 0 Å². The van der Waals surface area contributed by atoms with Crippen molar-refractivity contribution >= 4 is 0 Å². The van der Waals surface area contributed by atoms with E-state index in [1.54, 1.807) is 16.7 Å². The van der Waals surface area contributed by atoms with Crippen molar-refractivity contribution in [3.8, 4) is 0 Å². The highest BCUT2D eigenvalue weighted by atomic mass is 14.9. The minimum absolute atomic E-state index is 0.858. The smallest absolute Gasteiger partial charge is 0.00173 e. The summed E-state index contributed by atoms with van der Waals surface area (Å²) >= 11 is 0. The van der Waals surface area contributed by atoms with Gasteiger partial charge in [-0.15, -0.1) is 0 Å². The predicted octanol–water partition coefficient (Wildman–Crippen LogP) is 2.96. The van der Waals surface area contributed by atoms with Gasteiger partial charge in [-0.3, -0.25) is 0 Å². The Labute approximate surface area is 105 Å². The van der Waals surface area contributed by atoms with Gasteiger partial charge in [0.25, 0.3) is 0 Å². The van der Waals surface area contributed by atoms with E-state index in [9.17, 15) is 0 Å². The molecule has 1 heterocycles. The van der Waals surface area contributed by atoms with E-state index in [1.807, 2.05) is 0 Å². The topological polar surface area (TPSA) is 12.0 Å². The maximum Gasteiger partial charge on any atom is -0.00173 e. The number of nitrogens with one attached hydrogen (secondary N) is 1. The Morgan fingerprint density at radius 1 is 1.24 bits per heavy atom. The second-order valence-electron chi connectivity index (χ2n) is 6.03. The third kappa shape index (κ3) is 2.55. The van der Waals surface area contributed by atoms with Crippen molar-refractivity contribution in [1.82, 2.24) is 5.32 Å². The van der Waals surface area contributed by atoms with Gasteiger partial charge in [0.1, 0.15) is 0 Å². The fraction of sp³-hybridized carbons (Fsp3) is 0.625. The van der Waals surface area contributed by atoms with E-state index in [0.29, 0.717) is 0 Å². The Morgan fingerprint density at radius 3 is 2.94 bits per heavy atom. The van der Waals surface area contributed by atoms with Crippen molar-refractivity contribution in [2.45, 2.75) is 39.0 Å². The van der Waals surface area contributed by atoms with Gasteiger partial charge < -0.3 is 5.32 Å². The normalized spacial score (nSPS) is 28.1. The summed E-state index contributed by atoms with van der Waals surface area (Å²) in [4.78, 5) is 0. The van der Waals surface area contributed by atoms with Gasteiger partial charge >= 0.3 is 0 Å². The van der Waals surface area contributed by atoms with Crippen molar-refractivity contribution in [2.75, 3.05) is 13.1 Å². The first kappa shape index (κ1) is 11.3. The van der Waals surface area contributed by atoms with Crippen LogP contribution in [0.1, 0.15) is 36.5 Å². The molecule has 1 N–H and O–H groups in total. The molecule has 2 unspecified atom stereocenters. The number of benzene rings is 1. The predicted molar refractivity (Wildman–Crippen MR) is 72.3 cm³/mol. The third-order valence-corrected chi connectivity index (χ3v) is 4.33. The lowest BCUT2D eigenvalue weighted by atomic mass is 9.91. The van der Waals surface area contributed by atoms with Crippen molar-refractivity contribution in [2.24, 2.45) is 11.8 Å². The Balaban J connectivity index is 1.69. The van der Waals surface area contributed by atoms with E-state index < -0.39 is 0 Å². The summed E-state index contributed by atoms with van der Waals surface area (Å²) < 4.78 is 0. The lowest BCUT2D eigenvalue weighted by Gasteiger charge is -2.22. The van der Waals surface area contributed by atoms with Crippen molar-refractivity contribution < 1.29 is 0 Å². The number of hydrogen-bond acceptors (Lipinski definition) is 1. The van der Waals surface area contributed by atoms with E-state index in [-0.39, 0.29) is 0 Å². The molecule has 1 nitrogen and oxygen atoms in total. The second kappa shape index (κ2) is 4.81. The SMILES string of the molecule is CC1Cc2ccc(CC3CCCNC3)cc2C1. The molecule has 0 radical (unpaired) electrons. The van der Waals surface area contributed by atoms with Crippen molar-refractivity contribution in [1.29, 1.82) is 0 Å². The number of hydrogen-bond donors (Lipinski definition) is 1. The molecule has 1 aromatic carbocycles. The van der Waals surface area contributed by atoms with E-state index in [1.165, 1.54) is 45.2 Å². The summed E-state index contributed by atoms with van der Waals surface area (Å²) in [7, 11) is 0. The number of fused-ring (bicyclic) bond motifs is 1. The average molecular weight is 229 g/mol. The first-order valence-electron chi connectivity index (χ1n) is 7.12. The average Bonchev–Trinajstić information content (AvgIpc) is 2.70. The molecular weight excluding hydrogens is 206 g/mol. The summed E-state index contributed by atoms with van der Waals surface area (Å²) in [6.07, 6.45) is 6.62. The highest BCUT2D eigenvalue weighted by Gasteiger charge is 2.19. The van der Waals surface area contributed by atoms with Crippen LogP contribution in [0.25, 0.3) is 0 Å². The van der Waals surface area contributed by atoms with Gasteiger partial charge in [0.2, 0.25) is 0 Å². The maximum atomic E-state index is 3.51. The van der Waals surface area contributed by atoms with Gasteiger partial charge in [0.05, 0.1) is 0 Å². The van der Waals surface area contributed by atoms with Gasteiger partial charge in [-0.05, 0) is 73.7 Å². The van der Waals surface area contributed by atoms with Crippen LogP contribution in [0.15, 0.2) is 18.2 Å². The number of rotatable bonds is 2. The molecule has 1 aromatic rings. The molecule has 1 heteroatoms. The van der Waals surface area contributed by atoms with Gasteiger partial charge in [0, 0.05) is 0 Å². The van der Waals surface area contributed by atoms with E-state index in [4.69, 9.17) is 0 Å². The van der Waals surface area contributed by atoms with Crippen LogP contribution in [0.4, 0.5) is 0 Å². The summed E-state index contributed by atoms with van der Waals surface area (Å²) in [5, 5.41) is 3.51. The Hall–Kier alpha value is -0.820. The molecule has 17 heavy (non-hydrogen) atoms. The lowest BCUT2D eigenvalue weighted by molar-refractivity contribution is 0.376. The summed E-state index contributed by atoms with van der Waals surface area (Å²) in [5.74, 6) is 1.72. The largest absolute Gasteiger partial charge is 0.316 e. The van der Waals surface area contributed by atoms with Crippen LogP contribution >= 0.6 is 0 Å². The molecule has 0 amide bonds. The first-order chi connectivity index (χ1) is 8.31. The van der Waals surface area contributed by atoms with Crippen LogP contribution < -0.4 is 5.32 Å². The fourth-order valence-corrected chi connectivity index (χ4v) is 3.45. The number of piperidine rings is 1.